The van der Waals surface area contributed by atoms with Crippen LogP contribution in [0.5, 0.6) is 11.5 Å². The molecule has 0 aliphatic carbocycles. The maximum atomic E-state index is 12.6. The molecule has 0 spiro atoms. The highest BCUT2D eigenvalue weighted by molar-refractivity contribution is 6.32. The molecule has 1 aromatic rings. The minimum Gasteiger partial charge on any atom is -0.495 e. The average molecular weight is 398 g/mol. The van der Waals surface area contributed by atoms with Gasteiger partial charge in [-0.05, 0) is 6.54 Å². The van der Waals surface area contributed by atoms with Gasteiger partial charge in [-0.2, -0.15) is 0 Å². The summed E-state index contributed by atoms with van der Waals surface area (Å²) in [6.07, 6.45) is 0.250. The smallest absolute Gasteiger partial charge is 0.224 e. The maximum absolute atomic E-state index is 12.6. The first-order valence-electron chi connectivity index (χ1n) is 9.11. The van der Waals surface area contributed by atoms with E-state index >= 15 is 0 Å². The third-order valence-electron chi connectivity index (χ3n) is 4.85. The van der Waals surface area contributed by atoms with Gasteiger partial charge < -0.3 is 24.2 Å². The van der Waals surface area contributed by atoms with E-state index in [1.165, 1.54) is 26.0 Å². The first kappa shape index (κ1) is 21.3. The number of hydrogen-bond donors (Lipinski definition) is 0. The lowest BCUT2D eigenvalue weighted by molar-refractivity contribution is -0.132. The van der Waals surface area contributed by atoms with Crippen molar-refractivity contribution in [3.8, 4) is 11.5 Å². The van der Waals surface area contributed by atoms with E-state index in [1.54, 1.807) is 12.1 Å². The standard InChI is InChI=1S/C19H28ClN3O4/c1-5-21-8-10-22(11-9-21)19(25)6-7-23(14(2)24)16-13-17(26-3)15(20)12-18(16)27-4/h12-13H,5-11H2,1-4H3. The Morgan fingerprint density at radius 1 is 1.11 bits per heavy atom. The Morgan fingerprint density at radius 2 is 1.74 bits per heavy atom. The van der Waals surface area contributed by atoms with Crippen LogP contribution in [0.2, 0.25) is 5.02 Å². The molecule has 0 radical (unpaired) electrons. The molecule has 150 valence electrons. The van der Waals surface area contributed by atoms with E-state index < -0.39 is 0 Å². The number of nitrogens with zero attached hydrogens (tertiary/aromatic N) is 3. The van der Waals surface area contributed by atoms with Gasteiger partial charge in [0.05, 0.1) is 24.9 Å². The Morgan fingerprint density at radius 3 is 2.26 bits per heavy atom. The quantitative estimate of drug-likeness (QED) is 0.706. The number of halogens is 1. The van der Waals surface area contributed by atoms with Gasteiger partial charge in [0.15, 0.2) is 0 Å². The Balaban J connectivity index is 2.10. The van der Waals surface area contributed by atoms with E-state index in [1.807, 2.05) is 4.90 Å². The largest absolute Gasteiger partial charge is 0.495 e. The number of likely N-dealkylation sites (N-methyl/N-ethyl adjacent to an activating group) is 1. The number of hydrogen-bond acceptors (Lipinski definition) is 5. The molecule has 0 atom stereocenters. The molecule has 27 heavy (non-hydrogen) atoms. The van der Waals surface area contributed by atoms with E-state index in [-0.39, 0.29) is 24.8 Å². The predicted octanol–water partition coefficient (Wildman–Crippen LogP) is 2.26. The molecular weight excluding hydrogens is 370 g/mol. The molecule has 0 bridgehead atoms. The fourth-order valence-electron chi connectivity index (χ4n) is 3.18. The van der Waals surface area contributed by atoms with Gasteiger partial charge in [0.1, 0.15) is 11.5 Å². The van der Waals surface area contributed by atoms with Gasteiger partial charge in [-0.15, -0.1) is 0 Å². The van der Waals surface area contributed by atoms with Crippen molar-refractivity contribution in [3.63, 3.8) is 0 Å². The normalized spacial score (nSPS) is 14.8. The summed E-state index contributed by atoms with van der Waals surface area (Å²) in [7, 11) is 3.02. The van der Waals surface area contributed by atoms with Crippen LogP contribution in [0, 0.1) is 0 Å². The lowest BCUT2D eigenvalue weighted by Gasteiger charge is -2.34. The van der Waals surface area contributed by atoms with Crippen LogP contribution in [0.1, 0.15) is 20.3 Å². The van der Waals surface area contributed by atoms with Gasteiger partial charge in [0.2, 0.25) is 11.8 Å². The van der Waals surface area contributed by atoms with Crippen molar-refractivity contribution < 1.29 is 19.1 Å². The van der Waals surface area contributed by atoms with Crippen molar-refractivity contribution in [1.29, 1.82) is 0 Å². The van der Waals surface area contributed by atoms with E-state index in [0.29, 0.717) is 22.2 Å². The zero-order chi connectivity index (χ0) is 20.0. The number of methoxy groups -OCH3 is 2. The minimum absolute atomic E-state index is 0.0527. The molecule has 1 heterocycles. The fraction of sp³-hybridized carbons (Fsp3) is 0.579. The van der Waals surface area contributed by atoms with E-state index in [0.717, 1.165) is 32.7 Å². The Kier molecular flexibility index (Phi) is 7.74. The zero-order valence-electron chi connectivity index (χ0n) is 16.5. The van der Waals surface area contributed by atoms with E-state index in [4.69, 9.17) is 21.1 Å². The van der Waals surface area contributed by atoms with E-state index in [2.05, 4.69) is 11.8 Å². The van der Waals surface area contributed by atoms with Crippen LogP contribution in [0.3, 0.4) is 0 Å². The molecule has 7 nitrogen and oxygen atoms in total. The summed E-state index contributed by atoms with van der Waals surface area (Å²) in [6, 6.07) is 3.27. The monoisotopic (exact) mass is 397 g/mol. The fourth-order valence-corrected chi connectivity index (χ4v) is 3.41. The van der Waals surface area contributed by atoms with Gasteiger partial charge in [0.25, 0.3) is 0 Å². The second-order valence-corrected chi connectivity index (χ2v) is 6.80. The maximum Gasteiger partial charge on any atom is 0.224 e. The van der Waals surface area contributed by atoms with E-state index in [9.17, 15) is 9.59 Å². The number of ether oxygens (including phenoxy) is 2. The summed E-state index contributed by atoms with van der Waals surface area (Å²) >= 11 is 6.14. The first-order valence-corrected chi connectivity index (χ1v) is 9.48. The number of anilines is 1. The molecule has 1 saturated heterocycles. The van der Waals surface area contributed by atoms with Crippen molar-refractivity contribution in [1.82, 2.24) is 9.80 Å². The number of carbonyl (C=O) groups is 2. The highest BCUT2D eigenvalue weighted by Gasteiger charge is 2.23. The van der Waals surface area contributed by atoms with Gasteiger partial charge in [-0.3, -0.25) is 9.59 Å². The molecule has 8 heteroatoms. The van der Waals surface area contributed by atoms with Gasteiger partial charge in [-0.25, -0.2) is 0 Å². The number of amides is 2. The van der Waals surface area contributed by atoms with Crippen LogP contribution in [0.4, 0.5) is 5.69 Å². The summed E-state index contributed by atoms with van der Waals surface area (Å²) in [5.41, 5.74) is 0.537. The van der Waals surface area contributed by atoms with Crippen molar-refractivity contribution in [3.05, 3.63) is 17.2 Å². The molecule has 1 aliphatic heterocycles. The number of rotatable bonds is 7. The first-order chi connectivity index (χ1) is 12.9. The summed E-state index contributed by atoms with van der Waals surface area (Å²) in [5, 5.41) is 0.395. The third kappa shape index (κ3) is 5.26. The lowest BCUT2D eigenvalue weighted by Crippen LogP contribution is -2.49. The minimum atomic E-state index is -0.179. The Labute approximate surface area is 165 Å². The lowest BCUT2D eigenvalue weighted by atomic mass is 10.2. The number of carbonyl (C=O) groups excluding carboxylic acids is 2. The topological polar surface area (TPSA) is 62.3 Å². The van der Waals surface area contributed by atoms with Crippen molar-refractivity contribution in [2.45, 2.75) is 20.3 Å². The van der Waals surface area contributed by atoms with Crippen LogP contribution >= 0.6 is 11.6 Å². The summed E-state index contributed by atoms with van der Waals surface area (Å²) in [5.74, 6) is 0.777. The van der Waals surface area contributed by atoms with Crippen LogP contribution in [0.15, 0.2) is 12.1 Å². The van der Waals surface area contributed by atoms with Crippen LogP contribution in [-0.2, 0) is 9.59 Å². The predicted molar refractivity (Wildman–Crippen MR) is 106 cm³/mol. The molecule has 2 rings (SSSR count). The Hall–Kier alpha value is -1.99. The molecule has 0 unspecified atom stereocenters. The van der Waals surface area contributed by atoms with Crippen molar-refractivity contribution in [2.24, 2.45) is 0 Å². The SMILES string of the molecule is CCN1CCN(C(=O)CCN(C(C)=O)c2cc(OC)c(Cl)cc2OC)CC1. The highest BCUT2D eigenvalue weighted by Crippen LogP contribution is 2.38. The van der Waals surface area contributed by atoms with Gasteiger partial charge in [0, 0.05) is 58.2 Å². The Bertz CT molecular complexity index is 675. The summed E-state index contributed by atoms with van der Waals surface area (Å²) in [6.45, 7) is 8.08. The van der Waals surface area contributed by atoms with Crippen LogP contribution < -0.4 is 14.4 Å². The summed E-state index contributed by atoms with van der Waals surface area (Å²) < 4.78 is 10.6. The van der Waals surface area contributed by atoms with Crippen LogP contribution in [-0.4, -0.2) is 75.1 Å². The molecule has 1 aliphatic rings. The molecule has 2 amide bonds. The van der Waals surface area contributed by atoms with Crippen LogP contribution in [0.25, 0.3) is 0 Å². The molecule has 1 aromatic carbocycles. The van der Waals surface area contributed by atoms with Crippen molar-refractivity contribution >= 4 is 29.1 Å². The average Bonchev–Trinajstić information content (AvgIpc) is 2.68. The molecule has 1 fully saturated rings. The number of benzene rings is 1. The van der Waals surface area contributed by atoms with Crippen molar-refractivity contribution in [2.75, 3.05) is 58.4 Å². The zero-order valence-corrected chi connectivity index (χ0v) is 17.2. The molecular formula is C19H28ClN3O4. The molecule has 0 N–H and O–H groups in total. The van der Waals surface area contributed by atoms with Gasteiger partial charge in [-0.1, -0.05) is 18.5 Å². The van der Waals surface area contributed by atoms with Gasteiger partial charge >= 0.3 is 0 Å². The second-order valence-electron chi connectivity index (χ2n) is 6.39. The third-order valence-corrected chi connectivity index (χ3v) is 5.14. The number of piperazine rings is 1. The second kappa shape index (κ2) is 9.80. The molecule has 0 aromatic heterocycles. The highest BCUT2D eigenvalue weighted by atomic mass is 35.5. The summed E-state index contributed by atoms with van der Waals surface area (Å²) in [4.78, 5) is 30.5. The molecule has 0 saturated carbocycles.